The lowest BCUT2D eigenvalue weighted by Gasteiger charge is -2.16. The van der Waals surface area contributed by atoms with Crippen molar-refractivity contribution in [2.45, 2.75) is 12.5 Å². The predicted molar refractivity (Wildman–Crippen MR) is 106 cm³/mol. The molecule has 0 saturated carbocycles. The third-order valence-corrected chi connectivity index (χ3v) is 3.78. The van der Waals surface area contributed by atoms with Gasteiger partial charge >= 0.3 is 0 Å². The summed E-state index contributed by atoms with van der Waals surface area (Å²) >= 11 is 0. The smallest absolute Gasteiger partial charge is 0.267 e. The molecule has 0 aliphatic carbocycles. The highest BCUT2D eigenvalue weighted by atomic mass is 19.1. The van der Waals surface area contributed by atoms with Crippen LogP contribution in [0.3, 0.4) is 0 Å². The quantitative estimate of drug-likeness (QED) is 0.301. The second-order valence-electron chi connectivity index (χ2n) is 5.92. The molecule has 2 aromatic rings. The third-order valence-electron chi connectivity index (χ3n) is 3.78. The number of carbonyl (C=O) groups is 2. The first-order chi connectivity index (χ1) is 13.5. The Balaban J connectivity index is 1.86. The van der Waals surface area contributed by atoms with Crippen LogP contribution >= 0.6 is 0 Å². The first-order valence-corrected chi connectivity index (χ1v) is 8.62. The lowest BCUT2D eigenvalue weighted by Crippen LogP contribution is -2.44. The lowest BCUT2D eigenvalue weighted by atomic mass is 10.1. The van der Waals surface area contributed by atoms with E-state index in [0.717, 1.165) is 5.56 Å². The molecule has 28 heavy (non-hydrogen) atoms. The van der Waals surface area contributed by atoms with Crippen LogP contribution in [0.25, 0.3) is 0 Å². The standard InChI is InChI=1S/C21H22FN3O3/c1-15(24-20(23-2)12-16-8-10-17(22)11-9-16)21(27)25-18(13-26)14-28-19-6-4-3-5-7-19/h3-11,13,18H,1,12,14H2,2H3,(H,23,24)(H,25,27)/t18-/m1/s1. The van der Waals surface area contributed by atoms with Gasteiger partial charge in [0.05, 0.1) is 5.70 Å². The summed E-state index contributed by atoms with van der Waals surface area (Å²) in [5.74, 6) is 0.206. The summed E-state index contributed by atoms with van der Waals surface area (Å²) in [6.45, 7) is 3.68. The number of hydrogen-bond acceptors (Lipinski definition) is 4. The van der Waals surface area contributed by atoms with E-state index in [9.17, 15) is 14.0 Å². The Hall–Kier alpha value is -3.48. The lowest BCUT2D eigenvalue weighted by molar-refractivity contribution is -0.121. The van der Waals surface area contributed by atoms with E-state index in [4.69, 9.17) is 4.74 Å². The Morgan fingerprint density at radius 3 is 2.50 bits per heavy atom. The van der Waals surface area contributed by atoms with Gasteiger partial charge in [-0.2, -0.15) is 0 Å². The fourth-order valence-electron chi connectivity index (χ4n) is 2.28. The third kappa shape index (κ3) is 6.68. The molecule has 1 atom stereocenters. The van der Waals surface area contributed by atoms with Gasteiger partial charge in [0.1, 0.15) is 36.3 Å². The average Bonchev–Trinajstić information content (AvgIpc) is 2.72. The first kappa shape index (κ1) is 20.8. The molecule has 0 fully saturated rings. The summed E-state index contributed by atoms with van der Waals surface area (Å²) in [7, 11) is 1.57. The number of aliphatic imine (C=N–C) groups is 1. The van der Waals surface area contributed by atoms with Gasteiger partial charge in [-0.05, 0) is 29.8 Å². The van der Waals surface area contributed by atoms with Crippen LogP contribution in [-0.2, 0) is 16.0 Å². The second-order valence-corrected chi connectivity index (χ2v) is 5.92. The molecule has 0 bridgehead atoms. The molecule has 146 valence electrons. The summed E-state index contributed by atoms with van der Waals surface area (Å²) in [6.07, 6.45) is 0.971. The minimum atomic E-state index is -0.828. The minimum Gasteiger partial charge on any atom is -0.491 e. The number of rotatable bonds is 9. The number of aldehydes is 1. The molecule has 2 aromatic carbocycles. The van der Waals surface area contributed by atoms with Crippen LogP contribution in [0.5, 0.6) is 5.75 Å². The number of para-hydroxylation sites is 1. The first-order valence-electron chi connectivity index (χ1n) is 8.62. The van der Waals surface area contributed by atoms with Gasteiger partial charge in [0.15, 0.2) is 0 Å². The number of nitrogens with zero attached hydrogens (tertiary/aromatic N) is 1. The summed E-state index contributed by atoms with van der Waals surface area (Å²) < 4.78 is 18.5. The monoisotopic (exact) mass is 383 g/mol. The molecule has 0 spiro atoms. The summed E-state index contributed by atoms with van der Waals surface area (Å²) in [4.78, 5) is 27.6. The number of amidine groups is 1. The molecule has 7 heteroatoms. The van der Waals surface area contributed by atoms with E-state index < -0.39 is 11.9 Å². The Bertz CT molecular complexity index is 836. The van der Waals surface area contributed by atoms with E-state index in [2.05, 4.69) is 22.2 Å². The van der Waals surface area contributed by atoms with E-state index in [1.54, 1.807) is 31.3 Å². The highest BCUT2D eigenvalue weighted by molar-refractivity contribution is 5.99. The van der Waals surface area contributed by atoms with Crippen molar-refractivity contribution < 1.29 is 18.7 Å². The van der Waals surface area contributed by atoms with Crippen molar-refractivity contribution in [3.63, 3.8) is 0 Å². The molecule has 0 aliphatic heterocycles. The normalized spacial score (nSPS) is 12.0. The fourth-order valence-corrected chi connectivity index (χ4v) is 2.28. The maximum atomic E-state index is 13.0. The van der Waals surface area contributed by atoms with Crippen molar-refractivity contribution in [2.75, 3.05) is 13.7 Å². The van der Waals surface area contributed by atoms with Crippen molar-refractivity contribution in [2.24, 2.45) is 4.99 Å². The topological polar surface area (TPSA) is 79.8 Å². The summed E-state index contributed by atoms with van der Waals surface area (Å²) in [5.41, 5.74) is 0.860. The molecular weight excluding hydrogens is 361 g/mol. The molecular formula is C21H22FN3O3. The van der Waals surface area contributed by atoms with Crippen molar-refractivity contribution >= 4 is 18.0 Å². The Morgan fingerprint density at radius 1 is 1.21 bits per heavy atom. The zero-order valence-electron chi connectivity index (χ0n) is 15.5. The maximum absolute atomic E-state index is 13.0. The van der Waals surface area contributed by atoms with Gasteiger partial charge in [0.25, 0.3) is 5.91 Å². The van der Waals surface area contributed by atoms with Crippen LogP contribution in [0.4, 0.5) is 4.39 Å². The van der Waals surface area contributed by atoms with Gasteiger partial charge in [0.2, 0.25) is 0 Å². The summed E-state index contributed by atoms with van der Waals surface area (Å²) in [6, 6.07) is 14.1. The fraction of sp³-hybridized carbons (Fsp3) is 0.190. The van der Waals surface area contributed by atoms with Gasteiger partial charge in [-0.15, -0.1) is 0 Å². The molecule has 1 amide bonds. The zero-order valence-corrected chi connectivity index (χ0v) is 15.5. The molecule has 0 aliphatic rings. The summed E-state index contributed by atoms with van der Waals surface area (Å²) in [5, 5.41) is 5.36. The number of ether oxygens (including phenoxy) is 1. The van der Waals surface area contributed by atoms with E-state index in [1.807, 2.05) is 18.2 Å². The van der Waals surface area contributed by atoms with Gasteiger partial charge in [0, 0.05) is 13.5 Å². The zero-order chi connectivity index (χ0) is 20.4. The van der Waals surface area contributed by atoms with Gasteiger partial charge in [-0.1, -0.05) is 36.9 Å². The number of nitrogens with one attached hydrogen (secondary N) is 2. The maximum Gasteiger partial charge on any atom is 0.267 e. The largest absolute Gasteiger partial charge is 0.491 e. The Labute approximate surface area is 163 Å². The number of hydrogen-bond donors (Lipinski definition) is 2. The van der Waals surface area contributed by atoms with Crippen LogP contribution < -0.4 is 15.4 Å². The molecule has 0 aromatic heterocycles. The van der Waals surface area contributed by atoms with Crippen molar-refractivity contribution in [3.8, 4) is 5.75 Å². The number of carbonyl (C=O) groups excluding carboxylic acids is 2. The molecule has 0 radical (unpaired) electrons. The molecule has 0 unspecified atom stereocenters. The van der Waals surface area contributed by atoms with Gasteiger partial charge < -0.3 is 20.2 Å². The Kier molecular flexibility index (Phi) is 7.90. The van der Waals surface area contributed by atoms with E-state index >= 15 is 0 Å². The second kappa shape index (κ2) is 10.6. The van der Waals surface area contributed by atoms with Crippen molar-refractivity contribution in [1.82, 2.24) is 10.6 Å². The van der Waals surface area contributed by atoms with Crippen LogP contribution in [0.15, 0.2) is 71.9 Å². The van der Waals surface area contributed by atoms with Gasteiger partial charge in [-0.25, -0.2) is 4.39 Å². The van der Waals surface area contributed by atoms with E-state index in [0.29, 0.717) is 24.3 Å². The van der Waals surface area contributed by atoms with Crippen LogP contribution in [0.1, 0.15) is 5.56 Å². The number of halogens is 1. The number of amides is 1. The van der Waals surface area contributed by atoms with Crippen LogP contribution in [-0.4, -0.2) is 37.7 Å². The van der Waals surface area contributed by atoms with Crippen molar-refractivity contribution in [3.05, 3.63) is 78.3 Å². The highest BCUT2D eigenvalue weighted by Crippen LogP contribution is 2.08. The Morgan fingerprint density at radius 2 is 1.89 bits per heavy atom. The highest BCUT2D eigenvalue weighted by Gasteiger charge is 2.16. The molecule has 6 nitrogen and oxygen atoms in total. The minimum absolute atomic E-state index is 0.00314. The average molecular weight is 383 g/mol. The molecule has 2 rings (SSSR count). The van der Waals surface area contributed by atoms with E-state index in [1.165, 1.54) is 12.1 Å². The molecule has 2 N–H and O–H groups in total. The van der Waals surface area contributed by atoms with Gasteiger partial charge in [-0.3, -0.25) is 9.79 Å². The van der Waals surface area contributed by atoms with E-state index in [-0.39, 0.29) is 18.1 Å². The van der Waals surface area contributed by atoms with Crippen molar-refractivity contribution in [1.29, 1.82) is 0 Å². The van der Waals surface area contributed by atoms with Crippen LogP contribution in [0, 0.1) is 5.82 Å². The van der Waals surface area contributed by atoms with Crippen LogP contribution in [0.2, 0.25) is 0 Å². The predicted octanol–water partition coefficient (Wildman–Crippen LogP) is 2.26. The number of benzene rings is 2. The SMILES string of the molecule is C=C(NC(Cc1ccc(F)cc1)=NC)C(=O)N[C@H](C=O)COc1ccccc1. The molecule has 0 heterocycles. The molecule has 0 saturated heterocycles.